The zero-order valence-corrected chi connectivity index (χ0v) is 16.4. The largest absolute Gasteiger partial charge is 0.467 e. The Bertz CT molecular complexity index is 982. The molecule has 0 bridgehead atoms. The molecule has 0 fully saturated rings. The minimum absolute atomic E-state index is 0.141. The van der Waals surface area contributed by atoms with Crippen LogP contribution in [0.25, 0.3) is 0 Å². The standard InChI is InChI=1S/C22H24N4O2/c1-15-17(3)26(14-19-10-7-11-28-19)22(20(15)12-23)25-21(27)13-24-16(2)18-8-5-4-6-9-18/h4-11,16,24H,13-14H2,1-3H3,(H,25,27)/p+1/t16-/m0/s1. The van der Waals surface area contributed by atoms with Crippen molar-refractivity contribution in [3.63, 3.8) is 0 Å². The van der Waals surface area contributed by atoms with E-state index in [1.165, 1.54) is 5.56 Å². The van der Waals surface area contributed by atoms with E-state index in [0.717, 1.165) is 17.0 Å². The van der Waals surface area contributed by atoms with Gasteiger partial charge in [0.25, 0.3) is 5.91 Å². The first kappa shape index (κ1) is 19.5. The SMILES string of the molecule is Cc1c(C#N)c(NC(=O)C[NH2+][C@@H](C)c2ccccc2)n(Cc2ccco2)c1C. The topological polar surface area (TPSA) is 87.6 Å². The lowest BCUT2D eigenvalue weighted by molar-refractivity contribution is -0.682. The van der Waals surface area contributed by atoms with Crippen molar-refractivity contribution in [1.82, 2.24) is 4.57 Å². The van der Waals surface area contributed by atoms with Gasteiger partial charge in [-0.1, -0.05) is 30.3 Å². The Hall–Kier alpha value is -3.30. The Morgan fingerprint density at radius 2 is 2.00 bits per heavy atom. The fourth-order valence-electron chi connectivity index (χ4n) is 3.25. The highest BCUT2D eigenvalue weighted by molar-refractivity contribution is 5.92. The number of aromatic nitrogens is 1. The quantitative estimate of drug-likeness (QED) is 0.664. The molecule has 0 spiro atoms. The predicted octanol–water partition coefficient (Wildman–Crippen LogP) is 2.88. The lowest BCUT2D eigenvalue weighted by Crippen LogP contribution is -2.86. The van der Waals surface area contributed by atoms with Crippen molar-refractivity contribution < 1.29 is 14.5 Å². The van der Waals surface area contributed by atoms with Crippen molar-refractivity contribution in [2.45, 2.75) is 33.4 Å². The number of benzene rings is 1. The Morgan fingerprint density at radius 1 is 1.25 bits per heavy atom. The van der Waals surface area contributed by atoms with Crippen LogP contribution in [-0.4, -0.2) is 17.0 Å². The van der Waals surface area contributed by atoms with Gasteiger partial charge in [-0.05, 0) is 38.5 Å². The molecule has 6 heteroatoms. The first-order valence-corrected chi connectivity index (χ1v) is 9.31. The van der Waals surface area contributed by atoms with Crippen LogP contribution < -0.4 is 10.6 Å². The number of carbonyl (C=O) groups is 1. The van der Waals surface area contributed by atoms with Gasteiger partial charge in [-0.2, -0.15) is 5.26 Å². The summed E-state index contributed by atoms with van der Waals surface area (Å²) in [6, 6.07) is 16.2. The fraction of sp³-hybridized carbons (Fsp3) is 0.273. The van der Waals surface area contributed by atoms with Crippen molar-refractivity contribution in [1.29, 1.82) is 5.26 Å². The molecule has 0 saturated carbocycles. The van der Waals surface area contributed by atoms with Crippen molar-refractivity contribution in [2.24, 2.45) is 0 Å². The van der Waals surface area contributed by atoms with Crippen LogP contribution in [0.3, 0.4) is 0 Å². The smallest absolute Gasteiger partial charge is 0.280 e. The number of nitrogens with two attached hydrogens (primary N) is 1. The molecule has 1 aromatic carbocycles. The third-order valence-electron chi connectivity index (χ3n) is 5.08. The molecule has 0 aliphatic rings. The number of rotatable bonds is 7. The number of anilines is 1. The third kappa shape index (κ3) is 4.16. The number of nitrogens with one attached hydrogen (secondary N) is 1. The van der Waals surface area contributed by atoms with E-state index in [2.05, 4.69) is 18.3 Å². The average molecular weight is 377 g/mol. The number of furan rings is 1. The Kier molecular flexibility index (Phi) is 5.97. The molecule has 0 aliphatic carbocycles. The van der Waals surface area contributed by atoms with Gasteiger partial charge in [0.05, 0.1) is 18.4 Å². The van der Waals surface area contributed by atoms with Crippen molar-refractivity contribution in [3.05, 3.63) is 76.9 Å². The monoisotopic (exact) mass is 377 g/mol. The van der Waals surface area contributed by atoms with Gasteiger partial charge in [0.1, 0.15) is 23.7 Å². The summed E-state index contributed by atoms with van der Waals surface area (Å²) in [4.78, 5) is 12.6. The number of nitrogens with zero attached hydrogens (tertiary/aromatic N) is 2. The van der Waals surface area contributed by atoms with Gasteiger partial charge >= 0.3 is 0 Å². The van der Waals surface area contributed by atoms with Crippen LogP contribution in [0.4, 0.5) is 5.82 Å². The second kappa shape index (κ2) is 8.59. The van der Waals surface area contributed by atoms with E-state index in [1.807, 2.05) is 66.2 Å². The molecule has 0 saturated heterocycles. The number of carbonyl (C=O) groups excluding carboxylic acids is 1. The number of hydrogen-bond donors (Lipinski definition) is 2. The molecule has 3 N–H and O–H groups in total. The van der Waals surface area contributed by atoms with Crippen molar-refractivity contribution in [3.8, 4) is 6.07 Å². The maximum atomic E-state index is 12.6. The van der Waals surface area contributed by atoms with Gasteiger partial charge in [-0.3, -0.25) is 4.79 Å². The molecule has 0 unspecified atom stereocenters. The Labute approximate surface area is 164 Å². The van der Waals surface area contributed by atoms with Gasteiger partial charge in [-0.25, -0.2) is 0 Å². The summed E-state index contributed by atoms with van der Waals surface area (Å²) >= 11 is 0. The van der Waals surface area contributed by atoms with Crippen LogP contribution in [0.5, 0.6) is 0 Å². The minimum atomic E-state index is -0.141. The first-order chi connectivity index (χ1) is 13.5. The van der Waals surface area contributed by atoms with Crippen LogP contribution in [0.1, 0.15) is 41.1 Å². The van der Waals surface area contributed by atoms with Gasteiger partial charge < -0.3 is 19.6 Å². The average Bonchev–Trinajstić information content (AvgIpc) is 3.30. The molecule has 0 aliphatic heterocycles. The van der Waals surface area contributed by atoms with E-state index in [-0.39, 0.29) is 18.5 Å². The maximum Gasteiger partial charge on any atom is 0.280 e. The summed E-state index contributed by atoms with van der Waals surface area (Å²) < 4.78 is 7.36. The van der Waals surface area contributed by atoms with E-state index < -0.39 is 0 Å². The molecule has 1 atom stereocenters. The van der Waals surface area contributed by atoms with Crippen molar-refractivity contribution >= 4 is 11.7 Å². The van der Waals surface area contributed by atoms with Crippen LogP contribution in [0.15, 0.2) is 53.1 Å². The molecule has 3 rings (SSSR count). The molecule has 144 valence electrons. The number of quaternary nitrogens is 1. The number of amides is 1. The van der Waals surface area contributed by atoms with Gasteiger partial charge in [-0.15, -0.1) is 0 Å². The van der Waals surface area contributed by atoms with Gasteiger partial charge in [0.15, 0.2) is 6.54 Å². The van der Waals surface area contributed by atoms with Crippen LogP contribution in [0, 0.1) is 25.2 Å². The van der Waals surface area contributed by atoms with Crippen LogP contribution in [0.2, 0.25) is 0 Å². The zero-order valence-electron chi connectivity index (χ0n) is 16.4. The highest BCUT2D eigenvalue weighted by Crippen LogP contribution is 2.27. The summed E-state index contributed by atoms with van der Waals surface area (Å²) in [5, 5.41) is 14.5. The third-order valence-corrected chi connectivity index (χ3v) is 5.08. The van der Waals surface area contributed by atoms with E-state index in [0.29, 0.717) is 17.9 Å². The van der Waals surface area contributed by atoms with E-state index in [9.17, 15) is 10.1 Å². The minimum Gasteiger partial charge on any atom is -0.467 e. The summed E-state index contributed by atoms with van der Waals surface area (Å²) in [6.07, 6.45) is 1.62. The fourth-order valence-corrected chi connectivity index (χ4v) is 3.25. The maximum absolute atomic E-state index is 12.6. The highest BCUT2D eigenvalue weighted by atomic mass is 16.3. The van der Waals surface area contributed by atoms with E-state index >= 15 is 0 Å². The van der Waals surface area contributed by atoms with Crippen molar-refractivity contribution in [2.75, 3.05) is 11.9 Å². The summed E-state index contributed by atoms with van der Waals surface area (Å²) in [5.41, 5.74) is 3.46. The van der Waals surface area contributed by atoms with Gasteiger partial charge in [0, 0.05) is 11.3 Å². The second-order valence-electron chi connectivity index (χ2n) is 6.90. The number of nitriles is 1. The molecule has 28 heavy (non-hydrogen) atoms. The molecular weight excluding hydrogens is 352 g/mol. The Balaban J connectivity index is 1.74. The summed E-state index contributed by atoms with van der Waals surface area (Å²) in [5.74, 6) is 1.15. The van der Waals surface area contributed by atoms with Gasteiger partial charge in [0.2, 0.25) is 0 Å². The molecule has 0 radical (unpaired) electrons. The number of hydrogen-bond acceptors (Lipinski definition) is 3. The molecule has 3 aromatic rings. The normalized spacial score (nSPS) is 11.8. The summed E-state index contributed by atoms with van der Waals surface area (Å²) in [6.45, 7) is 6.63. The molecule has 2 heterocycles. The molecule has 1 amide bonds. The Morgan fingerprint density at radius 3 is 2.64 bits per heavy atom. The first-order valence-electron chi connectivity index (χ1n) is 9.31. The lowest BCUT2D eigenvalue weighted by atomic mass is 10.1. The summed E-state index contributed by atoms with van der Waals surface area (Å²) in [7, 11) is 0. The zero-order chi connectivity index (χ0) is 20.1. The van der Waals surface area contributed by atoms with Crippen LogP contribution in [-0.2, 0) is 11.3 Å². The van der Waals surface area contributed by atoms with E-state index in [4.69, 9.17) is 4.42 Å². The predicted molar refractivity (Wildman–Crippen MR) is 107 cm³/mol. The van der Waals surface area contributed by atoms with E-state index in [1.54, 1.807) is 6.26 Å². The molecule has 6 nitrogen and oxygen atoms in total. The highest BCUT2D eigenvalue weighted by Gasteiger charge is 2.21. The molecular formula is C22H25N4O2+. The second-order valence-corrected chi connectivity index (χ2v) is 6.90. The molecule has 2 aromatic heterocycles. The van der Waals surface area contributed by atoms with Crippen LogP contribution >= 0.6 is 0 Å². The lowest BCUT2D eigenvalue weighted by Gasteiger charge is -2.13.